The van der Waals surface area contributed by atoms with Crippen LogP contribution >= 0.6 is 11.3 Å². The number of carbonyl (C=O) groups is 1. The molecule has 0 saturated carbocycles. The summed E-state index contributed by atoms with van der Waals surface area (Å²) in [5, 5.41) is 24.1. The van der Waals surface area contributed by atoms with Gasteiger partial charge in [0.15, 0.2) is 0 Å². The fourth-order valence-corrected chi connectivity index (χ4v) is 6.60. The summed E-state index contributed by atoms with van der Waals surface area (Å²) in [6.45, 7) is 13.0. The minimum Gasteiger partial charge on any atom is -0.457 e. The Hall–Kier alpha value is -1.35. The van der Waals surface area contributed by atoms with Crippen LogP contribution < -0.4 is 0 Å². The molecule has 8 heteroatoms. The Morgan fingerprint density at radius 1 is 1.29 bits per heavy atom. The van der Waals surface area contributed by atoms with Crippen molar-refractivity contribution in [2.45, 2.75) is 109 Å². The molecule has 2 heterocycles. The standard InChI is InChI=1S/C26H41NO5S2/c1-16-9-8-10-17(2)25(30)19(4)34(31)26(6,7)23(28)14-24(29)32-22(12-11-16)18(3)13-21-15-33-20(5)27-21/h11,13,15,17,19,22-23,25,28,30H,8-10,12,14H2,1-7H3/t17-,19+,22-,23+,25-,34?/m0/s1. The highest BCUT2D eigenvalue weighted by atomic mass is 32.2. The van der Waals surface area contributed by atoms with Crippen molar-refractivity contribution in [3.05, 3.63) is 33.3 Å². The molecule has 6 atom stereocenters. The zero-order chi connectivity index (χ0) is 25.6. The van der Waals surface area contributed by atoms with Crippen molar-refractivity contribution in [1.29, 1.82) is 0 Å². The number of ether oxygens (including phenoxy) is 1. The second-order valence-corrected chi connectivity index (χ2v) is 13.6. The van der Waals surface area contributed by atoms with Crippen LogP contribution in [0.15, 0.2) is 22.6 Å². The average molecular weight is 512 g/mol. The number of aromatic nitrogens is 1. The fourth-order valence-electron chi connectivity index (χ4n) is 4.20. The lowest BCUT2D eigenvalue weighted by Gasteiger charge is -2.35. The maximum absolute atomic E-state index is 13.3. The predicted molar refractivity (Wildman–Crippen MR) is 140 cm³/mol. The molecular formula is C26H41NO5S2. The third-order valence-electron chi connectivity index (χ3n) is 6.79. The molecule has 6 nitrogen and oxygen atoms in total. The van der Waals surface area contributed by atoms with E-state index in [4.69, 9.17) is 4.74 Å². The van der Waals surface area contributed by atoms with Gasteiger partial charge in [0.25, 0.3) is 0 Å². The van der Waals surface area contributed by atoms with Crippen LogP contribution in [0.25, 0.3) is 6.08 Å². The van der Waals surface area contributed by atoms with E-state index in [-0.39, 0.29) is 12.3 Å². The van der Waals surface area contributed by atoms with Gasteiger partial charge in [-0.05, 0) is 78.4 Å². The highest BCUT2D eigenvalue weighted by Gasteiger charge is 2.41. The smallest absolute Gasteiger partial charge is 0.309 e. The molecule has 0 bridgehead atoms. The van der Waals surface area contributed by atoms with Gasteiger partial charge in [-0.3, -0.25) is 9.00 Å². The number of thiazole rings is 1. The first-order valence-corrected chi connectivity index (χ1v) is 14.1. The number of aryl methyl sites for hydroxylation is 1. The number of cyclic esters (lactones) is 1. The van der Waals surface area contributed by atoms with Crippen molar-refractivity contribution in [2.24, 2.45) is 5.92 Å². The van der Waals surface area contributed by atoms with E-state index < -0.39 is 45.1 Å². The van der Waals surface area contributed by atoms with Crippen molar-refractivity contribution in [2.75, 3.05) is 0 Å². The molecule has 1 aliphatic heterocycles. The van der Waals surface area contributed by atoms with E-state index >= 15 is 0 Å². The number of nitrogens with zero attached hydrogens (tertiary/aromatic N) is 1. The quantitative estimate of drug-likeness (QED) is 0.431. The van der Waals surface area contributed by atoms with Gasteiger partial charge in [-0.1, -0.05) is 18.6 Å². The lowest BCUT2D eigenvalue weighted by atomic mass is 9.94. The maximum Gasteiger partial charge on any atom is 0.309 e. The van der Waals surface area contributed by atoms with E-state index in [0.29, 0.717) is 6.42 Å². The molecule has 0 saturated heterocycles. The van der Waals surface area contributed by atoms with Crippen molar-refractivity contribution in [3.8, 4) is 0 Å². The van der Waals surface area contributed by atoms with Crippen LogP contribution in [0.5, 0.6) is 0 Å². The fraction of sp³-hybridized carbons (Fsp3) is 0.692. The van der Waals surface area contributed by atoms with Gasteiger partial charge in [-0.2, -0.15) is 0 Å². The van der Waals surface area contributed by atoms with Gasteiger partial charge in [-0.15, -0.1) is 11.3 Å². The summed E-state index contributed by atoms with van der Waals surface area (Å²) in [5.74, 6) is -0.554. The summed E-state index contributed by atoms with van der Waals surface area (Å²) in [6.07, 6.45) is 4.52. The van der Waals surface area contributed by atoms with Crippen molar-refractivity contribution < 1.29 is 24.0 Å². The maximum atomic E-state index is 13.3. The zero-order valence-corrected chi connectivity index (χ0v) is 23.2. The topological polar surface area (TPSA) is 96.7 Å². The molecule has 2 rings (SSSR count). The van der Waals surface area contributed by atoms with Crippen LogP contribution in [0, 0.1) is 12.8 Å². The third kappa shape index (κ3) is 7.83. The van der Waals surface area contributed by atoms with Crippen LogP contribution in [-0.2, 0) is 20.3 Å². The average Bonchev–Trinajstić information content (AvgIpc) is 3.18. The number of aliphatic hydroxyl groups excluding tert-OH is 2. The molecule has 0 aromatic carbocycles. The summed E-state index contributed by atoms with van der Waals surface area (Å²) in [7, 11) is -1.56. The number of rotatable bonds is 2. The normalized spacial score (nSPS) is 32.7. The first kappa shape index (κ1) is 28.9. The minimum absolute atomic E-state index is 0.0166. The SMILES string of the molecule is CC1=CC[C@@H](C(C)=Cc2csc(C)n2)OC(=O)C[C@@H](O)C(C)(C)S(=O)[C@H](C)[C@@H](O)[C@@H](C)CCC1. The summed E-state index contributed by atoms with van der Waals surface area (Å²) in [5.41, 5.74) is 2.92. The minimum atomic E-state index is -1.56. The van der Waals surface area contributed by atoms with Crippen molar-refractivity contribution in [1.82, 2.24) is 4.98 Å². The number of hydrogen-bond donors (Lipinski definition) is 2. The predicted octanol–water partition coefficient (Wildman–Crippen LogP) is 4.95. The highest BCUT2D eigenvalue weighted by Crippen LogP contribution is 2.29. The van der Waals surface area contributed by atoms with E-state index in [1.54, 1.807) is 32.1 Å². The van der Waals surface area contributed by atoms with E-state index in [9.17, 15) is 19.2 Å². The Morgan fingerprint density at radius 3 is 2.59 bits per heavy atom. The van der Waals surface area contributed by atoms with Crippen LogP contribution in [0.3, 0.4) is 0 Å². The molecule has 192 valence electrons. The summed E-state index contributed by atoms with van der Waals surface area (Å²) in [4.78, 5) is 17.3. The van der Waals surface area contributed by atoms with Crippen LogP contribution in [0.1, 0.15) is 84.3 Å². The van der Waals surface area contributed by atoms with Crippen LogP contribution in [0.4, 0.5) is 0 Å². The molecule has 34 heavy (non-hydrogen) atoms. The van der Waals surface area contributed by atoms with Crippen molar-refractivity contribution >= 4 is 34.2 Å². The molecule has 0 amide bonds. The Balaban J connectivity index is 2.33. The number of allylic oxidation sites excluding steroid dienone is 1. The second kappa shape index (κ2) is 12.6. The molecule has 1 aromatic rings. The van der Waals surface area contributed by atoms with Gasteiger partial charge < -0.3 is 14.9 Å². The monoisotopic (exact) mass is 511 g/mol. The third-order valence-corrected chi connectivity index (χ3v) is 9.84. The van der Waals surface area contributed by atoms with Gasteiger partial charge in [0, 0.05) is 22.6 Å². The highest BCUT2D eigenvalue weighted by molar-refractivity contribution is 7.87. The molecule has 1 aliphatic rings. The molecule has 2 N–H and O–H groups in total. The Bertz CT molecular complexity index is 920. The van der Waals surface area contributed by atoms with Gasteiger partial charge >= 0.3 is 5.97 Å². The lowest BCUT2D eigenvalue weighted by Crippen LogP contribution is -2.49. The zero-order valence-electron chi connectivity index (χ0n) is 21.5. The molecular weight excluding hydrogens is 470 g/mol. The Morgan fingerprint density at radius 2 is 1.97 bits per heavy atom. The molecule has 1 unspecified atom stereocenters. The van der Waals surface area contributed by atoms with E-state index in [1.165, 1.54) is 5.57 Å². The Kier molecular flexibility index (Phi) is 10.7. The van der Waals surface area contributed by atoms with Gasteiger partial charge in [-0.25, -0.2) is 4.98 Å². The van der Waals surface area contributed by atoms with E-state index in [0.717, 1.165) is 35.5 Å². The van der Waals surface area contributed by atoms with E-state index in [2.05, 4.69) is 18.0 Å². The largest absolute Gasteiger partial charge is 0.457 e. The van der Waals surface area contributed by atoms with Gasteiger partial charge in [0.1, 0.15) is 6.10 Å². The lowest BCUT2D eigenvalue weighted by molar-refractivity contribution is -0.149. The summed E-state index contributed by atoms with van der Waals surface area (Å²) < 4.78 is 18.0. The molecule has 0 fully saturated rings. The molecule has 0 aliphatic carbocycles. The first-order chi connectivity index (χ1) is 15.8. The molecule has 0 radical (unpaired) electrons. The molecule has 1 aromatic heterocycles. The number of carbonyl (C=O) groups excluding carboxylic acids is 1. The summed E-state index contributed by atoms with van der Waals surface area (Å²) >= 11 is 1.57. The van der Waals surface area contributed by atoms with Crippen LogP contribution in [-0.4, -0.2) is 53.7 Å². The van der Waals surface area contributed by atoms with Gasteiger partial charge in [0.2, 0.25) is 0 Å². The van der Waals surface area contributed by atoms with Crippen LogP contribution in [0.2, 0.25) is 0 Å². The van der Waals surface area contributed by atoms with E-state index in [1.807, 2.05) is 32.2 Å². The number of aliphatic hydroxyl groups is 2. The summed E-state index contributed by atoms with van der Waals surface area (Å²) in [6, 6.07) is 0. The number of esters is 1. The number of hydrogen-bond acceptors (Lipinski definition) is 7. The van der Waals surface area contributed by atoms with Gasteiger partial charge in [0.05, 0.1) is 39.3 Å². The first-order valence-electron chi connectivity index (χ1n) is 12.0. The second-order valence-electron chi connectivity index (χ2n) is 10.1. The van der Waals surface area contributed by atoms with Crippen molar-refractivity contribution in [3.63, 3.8) is 0 Å². The molecule has 0 spiro atoms. The Labute approximate surface area is 211 Å².